The van der Waals surface area contributed by atoms with Crippen molar-refractivity contribution in [3.8, 4) is 11.5 Å². The molecule has 1 unspecified atom stereocenters. The average Bonchev–Trinajstić information content (AvgIpc) is 3.56. The summed E-state index contributed by atoms with van der Waals surface area (Å²) in [5.74, 6) is 1.01. The predicted octanol–water partition coefficient (Wildman–Crippen LogP) is 8.57. The van der Waals surface area contributed by atoms with Crippen LogP contribution in [0.1, 0.15) is 63.6 Å². The summed E-state index contributed by atoms with van der Waals surface area (Å²) in [6.07, 6.45) is 6.48. The fraction of sp³-hybridized carbons (Fsp3) is 0.250. The van der Waals surface area contributed by atoms with E-state index in [1.807, 2.05) is 97.1 Å². The molecule has 6 aromatic rings. The molecule has 5 aromatic carbocycles. The van der Waals surface area contributed by atoms with Gasteiger partial charge in [-0.05, 0) is 78.3 Å². The number of benzene rings is 5. The number of hydrogen-bond acceptors (Lipinski definition) is 6. The maximum absolute atomic E-state index is 13.9. The number of Topliss-reactive ketones (excluding diaryl/α,β-unsaturated/α-hetero) is 1. The van der Waals surface area contributed by atoms with Crippen LogP contribution in [0.3, 0.4) is 0 Å². The molecule has 1 aromatic heterocycles. The number of nitrogens with one attached hydrogen (secondary N) is 2. The number of H-pyrrole nitrogens is 1. The quantitative estimate of drug-likeness (QED) is 0.0970. The van der Waals surface area contributed by atoms with Crippen molar-refractivity contribution in [3.63, 3.8) is 0 Å². The molecule has 0 fully saturated rings. The van der Waals surface area contributed by atoms with Gasteiger partial charge in [-0.25, -0.2) is 8.42 Å². The van der Waals surface area contributed by atoms with Gasteiger partial charge in [0.05, 0.1) is 31.6 Å². The highest BCUT2D eigenvalue weighted by atomic mass is 32.2. The summed E-state index contributed by atoms with van der Waals surface area (Å²) in [7, 11) is -3.76. The number of aromatic amines is 1. The predicted molar refractivity (Wildman–Crippen MR) is 211 cm³/mol. The van der Waals surface area contributed by atoms with E-state index in [0.29, 0.717) is 30.0 Å². The molecule has 9 heteroatoms. The summed E-state index contributed by atoms with van der Waals surface area (Å²) in [5, 5.41) is 4.75. The number of rotatable bonds is 16. The summed E-state index contributed by atoms with van der Waals surface area (Å²) < 4.78 is 40.3. The standard InChI is InChI=1S/C44H45N3O5S/c1-53(49,50)47(30-32-13-5-2-6-14-32)42-27-35(21-24-44(42)52-31-33-15-7-3-8-16-33)43(48)29-45-39(34-17-9-4-10-18-34)25-26-51-36-22-23-38-37-19-11-12-20-40(37)46-41(38)28-36/h2-10,13-18,21-24,27-28,39,45-46H,11-12,19-20,25-26,29-31H2,1H3. The van der Waals surface area contributed by atoms with Crippen molar-refractivity contribution < 1.29 is 22.7 Å². The SMILES string of the molecule is CS(=O)(=O)N(Cc1ccccc1)c1cc(C(=O)CNC(CCOc2ccc3c4c([nH]c3c2)CCCC4)c2ccccc2)ccc1OCc1ccccc1. The third-order valence-electron chi connectivity index (χ3n) is 9.81. The molecular weight excluding hydrogens is 683 g/mol. The molecule has 0 spiro atoms. The lowest BCUT2D eigenvalue weighted by atomic mass is 9.96. The number of carbonyl (C=O) groups is 1. The minimum atomic E-state index is -3.76. The second-order valence-corrected chi connectivity index (χ2v) is 15.5. The number of aromatic nitrogens is 1. The van der Waals surface area contributed by atoms with Crippen molar-refractivity contribution in [3.05, 3.63) is 161 Å². The van der Waals surface area contributed by atoms with E-state index in [0.717, 1.165) is 40.8 Å². The molecule has 1 aliphatic rings. The van der Waals surface area contributed by atoms with Gasteiger partial charge in [0.15, 0.2) is 5.78 Å². The summed E-state index contributed by atoms with van der Waals surface area (Å²) in [6.45, 7) is 0.827. The van der Waals surface area contributed by atoms with Crippen molar-refractivity contribution >= 4 is 32.4 Å². The molecule has 0 saturated carbocycles. The van der Waals surface area contributed by atoms with E-state index >= 15 is 0 Å². The monoisotopic (exact) mass is 727 g/mol. The third-order valence-corrected chi connectivity index (χ3v) is 10.9. The summed E-state index contributed by atoms with van der Waals surface area (Å²) in [4.78, 5) is 17.5. The molecule has 1 aliphatic carbocycles. The first kappa shape index (κ1) is 36.0. The van der Waals surface area contributed by atoms with Crippen LogP contribution < -0.4 is 19.1 Å². The molecular formula is C44H45N3O5S. The largest absolute Gasteiger partial charge is 0.493 e. The normalized spacial score (nSPS) is 13.3. The van der Waals surface area contributed by atoms with Gasteiger partial charge in [0.25, 0.3) is 0 Å². The number of ether oxygens (including phenoxy) is 2. The Morgan fingerprint density at radius 3 is 2.25 bits per heavy atom. The fourth-order valence-electron chi connectivity index (χ4n) is 7.04. The Morgan fingerprint density at radius 1 is 0.811 bits per heavy atom. The maximum atomic E-state index is 13.9. The second-order valence-electron chi connectivity index (χ2n) is 13.6. The van der Waals surface area contributed by atoms with Crippen LogP contribution in [-0.2, 0) is 36.0 Å². The maximum Gasteiger partial charge on any atom is 0.232 e. The van der Waals surface area contributed by atoms with Crippen LogP contribution in [-0.4, -0.2) is 38.6 Å². The number of hydrogen-bond donors (Lipinski definition) is 2. The molecule has 272 valence electrons. The summed E-state index contributed by atoms with van der Waals surface area (Å²) in [5.41, 5.74) is 7.40. The van der Waals surface area contributed by atoms with Gasteiger partial charge in [0, 0.05) is 40.7 Å². The van der Waals surface area contributed by atoms with Crippen molar-refractivity contribution in [1.29, 1.82) is 0 Å². The van der Waals surface area contributed by atoms with E-state index in [-0.39, 0.29) is 31.5 Å². The number of aryl methyl sites for hydroxylation is 2. The van der Waals surface area contributed by atoms with Crippen LogP contribution in [0.2, 0.25) is 0 Å². The molecule has 8 nitrogen and oxygen atoms in total. The first-order valence-corrected chi connectivity index (χ1v) is 20.1. The van der Waals surface area contributed by atoms with Crippen LogP contribution in [0.25, 0.3) is 10.9 Å². The van der Waals surface area contributed by atoms with Gasteiger partial charge in [0.2, 0.25) is 10.0 Å². The highest BCUT2D eigenvalue weighted by Gasteiger charge is 2.24. The first-order valence-electron chi connectivity index (χ1n) is 18.2. The van der Waals surface area contributed by atoms with Gasteiger partial charge in [-0.1, -0.05) is 91.0 Å². The van der Waals surface area contributed by atoms with E-state index in [1.165, 1.54) is 40.0 Å². The topological polar surface area (TPSA) is 101 Å². The summed E-state index contributed by atoms with van der Waals surface area (Å²) in [6, 6.07) is 40.2. The Morgan fingerprint density at radius 2 is 1.51 bits per heavy atom. The number of ketones is 1. The molecule has 0 aliphatic heterocycles. The number of sulfonamides is 1. The highest BCUT2D eigenvalue weighted by molar-refractivity contribution is 7.92. The zero-order valence-electron chi connectivity index (χ0n) is 30.0. The van der Waals surface area contributed by atoms with Crippen LogP contribution in [0.5, 0.6) is 11.5 Å². The van der Waals surface area contributed by atoms with E-state index in [2.05, 4.69) is 22.4 Å². The lowest BCUT2D eigenvalue weighted by Gasteiger charge is -2.26. The molecule has 0 amide bonds. The van der Waals surface area contributed by atoms with Crippen molar-refractivity contribution in [2.75, 3.05) is 23.7 Å². The highest BCUT2D eigenvalue weighted by Crippen LogP contribution is 2.34. The van der Waals surface area contributed by atoms with Crippen LogP contribution in [0.15, 0.2) is 127 Å². The lowest BCUT2D eigenvalue weighted by Crippen LogP contribution is -2.31. The number of nitrogens with zero attached hydrogens (tertiary/aromatic N) is 1. The Hall–Kier alpha value is -5.38. The third kappa shape index (κ3) is 8.99. The molecule has 0 saturated heterocycles. The number of fused-ring (bicyclic) bond motifs is 3. The molecule has 0 bridgehead atoms. The molecule has 53 heavy (non-hydrogen) atoms. The first-order chi connectivity index (χ1) is 25.8. The molecule has 0 radical (unpaired) electrons. The van der Waals surface area contributed by atoms with Gasteiger partial charge >= 0.3 is 0 Å². The van der Waals surface area contributed by atoms with Crippen LogP contribution in [0.4, 0.5) is 5.69 Å². The van der Waals surface area contributed by atoms with Crippen molar-refractivity contribution in [2.45, 2.75) is 51.3 Å². The summed E-state index contributed by atoms with van der Waals surface area (Å²) >= 11 is 0. The number of carbonyl (C=O) groups excluding carboxylic acids is 1. The second kappa shape index (κ2) is 16.5. The molecule has 1 atom stereocenters. The minimum Gasteiger partial charge on any atom is -0.493 e. The Kier molecular flexibility index (Phi) is 11.2. The van der Waals surface area contributed by atoms with Gasteiger partial charge in [-0.2, -0.15) is 0 Å². The van der Waals surface area contributed by atoms with E-state index in [9.17, 15) is 13.2 Å². The van der Waals surface area contributed by atoms with Crippen LogP contribution >= 0.6 is 0 Å². The molecule has 1 heterocycles. The smallest absolute Gasteiger partial charge is 0.232 e. The van der Waals surface area contributed by atoms with E-state index in [1.54, 1.807) is 18.2 Å². The fourth-order valence-corrected chi connectivity index (χ4v) is 7.92. The zero-order chi connectivity index (χ0) is 36.6. The molecule has 7 rings (SSSR count). The van der Waals surface area contributed by atoms with Gasteiger partial charge in [-0.15, -0.1) is 0 Å². The molecule has 2 N–H and O–H groups in total. The Bertz CT molecular complexity index is 2260. The minimum absolute atomic E-state index is 0.0424. The Labute approximate surface area is 311 Å². The van der Waals surface area contributed by atoms with Gasteiger partial charge in [-0.3, -0.25) is 9.10 Å². The number of anilines is 1. The van der Waals surface area contributed by atoms with Crippen molar-refractivity contribution in [2.24, 2.45) is 0 Å². The lowest BCUT2D eigenvalue weighted by molar-refractivity contribution is 0.0985. The van der Waals surface area contributed by atoms with Crippen molar-refractivity contribution in [1.82, 2.24) is 10.3 Å². The van der Waals surface area contributed by atoms with Gasteiger partial charge < -0.3 is 19.8 Å². The van der Waals surface area contributed by atoms with Crippen LogP contribution in [0, 0.1) is 0 Å². The van der Waals surface area contributed by atoms with E-state index in [4.69, 9.17) is 9.47 Å². The average molecular weight is 728 g/mol. The Balaban J connectivity index is 1.08. The van der Waals surface area contributed by atoms with Gasteiger partial charge in [0.1, 0.15) is 18.1 Å². The zero-order valence-corrected chi connectivity index (χ0v) is 30.8. The van der Waals surface area contributed by atoms with E-state index < -0.39 is 10.0 Å².